The fourth-order valence-corrected chi connectivity index (χ4v) is 4.02. The predicted molar refractivity (Wildman–Crippen MR) is 125 cm³/mol. The molecule has 12 heteroatoms. The van der Waals surface area contributed by atoms with Gasteiger partial charge in [0.05, 0.1) is 28.2 Å². The van der Waals surface area contributed by atoms with Crippen molar-refractivity contribution in [2.75, 3.05) is 10.2 Å². The molecule has 2 unspecified atom stereocenters. The molecule has 4 amide bonds. The van der Waals surface area contributed by atoms with Gasteiger partial charge in [-0.3, -0.25) is 14.6 Å². The summed E-state index contributed by atoms with van der Waals surface area (Å²) in [6, 6.07) is 10.7. The lowest BCUT2D eigenvalue weighted by molar-refractivity contribution is -0.274. The van der Waals surface area contributed by atoms with Crippen molar-refractivity contribution in [3.8, 4) is 5.75 Å². The SMILES string of the molecule is CC(c1ccncc1NC(=O)c1ccccc1Cl)C1NC(=O)N(c2ccc(OC(F)(F)F)cc2)C1=O. The highest BCUT2D eigenvalue weighted by Gasteiger charge is 2.43. The van der Waals surface area contributed by atoms with Gasteiger partial charge < -0.3 is 15.4 Å². The second kappa shape index (κ2) is 9.86. The minimum atomic E-state index is -4.87. The molecule has 36 heavy (non-hydrogen) atoms. The topological polar surface area (TPSA) is 101 Å². The van der Waals surface area contributed by atoms with Gasteiger partial charge in [0.15, 0.2) is 0 Å². The van der Waals surface area contributed by atoms with Crippen molar-refractivity contribution in [3.63, 3.8) is 0 Å². The number of halogens is 4. The summed E-state index contributed by atoms with van der Waals surface area (Å²) in [5.41, 5.74) is 1.17. The maximum absolute atomic E-state index is 13.2. The Bertz CT molecular complexity index is 1320. The number of hydrogen-bond donors (Lipinski definition) is 2. The lowest BCUT2D eigenvalue weighted by atomic mass is 9.92. The molecule has 1 aromatic heterocycles. The smallest absolute Gasteiger partial charge is 0.406 e. The number of hydrogen-bond acceptors (Lipinski definition) is 5. The number of ether oxygens (including phenoxy) is 1. The number of anilines is 2. The minimum Gasteiger partial charge on any atom is -0.406 e. The summed E-state index contributed by atoms with van der Waals surface area (Å²) in [6.07, 6.45) is -1.97. The third-order valence-electron chi connectivity index (χ3n) is 5.51. The lowest BCUT2D eigenvalue weighted by Crippen LogP contribution is -2.35. The highest BCUT2D eigenvalue weighted by atomic mass is 35.5. The third kappa shape index (κ3) is 5.25. The second-order valence-electron chi connectivity index (χ2n) is 7.83. The molecule has 4 rings (SSSR count). The first kappa shape index (κ1) is 25.0. The summed E-state index contributed by atoms with van der Waals surface area (Å²) < 4.78 is 41.0. The van der Waals surface area contributed by atoms with Crippen LogP contribution in [0.5, 0.6) is 5.75 Å². The first-order valence-electron chi connectivity index (χ1n) is 10.5. The zero-order valence-corrected chi connectivity index (χ0v) is 19.3. The van der Waals surface area contributed by atoms with E-state index in [4.69, 9.17) is 11.6 Å². The summed E-state index contributed by atoms with van der Waals surface area (Å²) in [7, 11) is 0. The normalized spacial score (nSPS) is 16.5. The van der Waals surface area contributed by atoms with E-state index >= 15 is 0 Å². The molecule has 1 aliphatic rings. The molecule has 0 radical (unpaired) electrons. The van der Waals surface area contributed by atoms with Crippen LogP contribution in [-0.4, -0.2) is 35.2 Å². The van der Waals surface area contributed by atoms with Crippen molar-refractivity contribution in [3.05, 3.63) is 83.1 Å². The van der Waals surface area contributed by atoms with Crippen LogP contribution >= 0.6 is 11.6 Å². The van der Waals surface area contributed by atoms with E-state index < -0.39 is 41.9 Å². The van der Waals surface area contributed by atoms with Crippen LogP contribution in [0.25, 0.3) is 0 Å². The fourth-order valence-electron chi connectivity index (χ4n) is 3.80. The zero-order valence-electron chi connectivity index (χ0n) is 18.5. The van der Waals surface area contributed by atoms with E-state index in [1.54, 1.807) is 37.3 Å². The molecule has 3 aromatic rings. The highest BCUT2D eigenvalue weighted by Crippen LogP contribution is 2.32. The fraction of sp³-hybridized carbons (Fsp3) is 0.167. The average molecular weight is 519 g/mol. The number of nitrogens with zero attached hydrogens (tertiary/aromatic N) is 2. The van der Waals surface area contributed by atoms with Gasteiger partial charge >= 0.3 is 12.4 Å². The molecule has 1 fully saturated rings. The Morgan fingerprint density at radius 3 is 2.50 bits per heavy atom. The Labute approximate surface area is 208 Å². The predicted octanol–water partition coefficient (Wildman–Crippen LogP) is 5.11. The van der Waals surface area contributed by atoms with E-state index in [-0.39, 0.29) is 16.3 Å². The van der Waals surface area contributed by atoms with Gasteiger partial charge in [0.1, 0.15) is 11.8 Å². The first-order chi connectivity index (χ1) is 17.0. The molecule has 2 heterocycles. The Morgan fingerprint density at radius 1 is 1.14 bits per heavy atom. The molecule has 0 spiro atoms. The summed E-state index contributed by atoms with van der Waals surface area (Å²) in [5.74, 6) is -2.19. The van der Waals surface area contributed by atoms with Crippen LogP contribution in [0.15, 0.2) is 67.0 Å². The summed E-state index contributed by atoms with van der Waals surface area (Å²) in [4.78, 5) is 43.4. The largest absolute Gasteiger partial charge is 0.573 e. The van der Waals surface area contributed by atoms with Crippen molar-refractivity contribution in [2.45, 2.75) is 25.2 Å². The van der Waals surface area contributed by atoms with Crippen LogP contribution in [0.2, 0.25) is 5.02 Å². The molecule has 186 valence electrons. The van der Waals surface area contributed by atoms with Crippen molar-refractivity contribution >= 4 is 40.8 Å². The lowest BCUT2D eigenvalue weighted by Gasteiger charge is -2.21. The van der Waals surface area contributed by atoms with Gasteiger partial charge in [0.25, 0.3) is 11.8 Å². The Balaban J connectivity index is 1.54. The molecule has 0 aliphatic carbocycles. The Kier molecular flexibility index (Phi) is 6.84. The van der Waals surface area contributed by atoms with E-state index in [1.807, 2.05) is 0 Å². The third-order valence-corrected chi connectivity index (χ3v) is 5.84. The number of carbonyl (C=O) groups excluding carboxylic acids is 3. The monoisotopic (exact) mass is 518 g/mol. The molecule has 0 bridgehead atoms. The quantitative estimate of drug-likeness (QED) is 0.441. The second-order valence-corrected chi connectivity index (χ2v) is 8.24. The first-order valence-corrected chi connectivity index (χ1v) is 10.9. The summed E-state index contributed by atoms with van der Waals surface area (Å²) >= 11 is 6.10. The van der Waals surface area contributed by atoms with E-state index in [9.17, 15) is 27.6 Å². The summed E-state index contributed by atoms with van der Waals surface area (Å²) in [5, 5.41) is 5.59. The standard InChI is InChI=1S/C24H18ClF3N4O4/c1-13(16-10-11-29-12-19(16)30-21(33)17-4-2-3-5-18(17)25)20-22(34)32(23(35)31-20)14-6-8-15(9-7-14)36-24(26,27)28/h2-13,20H,1H3,(H,30,33)(H,31,35). The molecule has 2 atom stereocenters. The van der Waals surface area contributed by atoms with Crippen molar-refractivity contribution in [1.29, 1.82) is 0 Å². The number of aromatic nitrogens is 1. The van der Waals surface area contributed by atoms with Crippen LogP contribution < -0.4 is 20.3 Å². The van der Waals surface area contributed by atoms with Gasteiger partial charge in [0, 0.05) is 12.1 Å². The molecular formula is C24H18ClF3N4O4. The molecule has 1 aliphatic heterocycles. The Morgan fingerprint density at radius 2 is 1.83 bits per heavy atom. The zero-order chi connectivity index (χ0) is 26.0. The van der Waals surface area contributed by atoms with E-state index in [0.29, 0.717) is 11.3 Å². The van der Waals surface area contributed by atoms with E-state index in [0.717, 1.165) is 17.0 Å². The van der Waals surface area contributed by atoms with Gasteiger partial charge in [-0.15, -0.1) is 13.2 Å². The number of pyridine rings is 1. The molecule has 2 aromatic carbocycles. The Hall–Kier alpha value is -4.12. The number of nitrogens with one attached hydrogen (secondary N) is 2. The minimum absolute atomic E-state index is 0.0729. The number of benzene rings is 2. The van der Waals surface area contributed by atoms with Gasteiger partial charge in [-0.25, -0.2) is 9.69 Å². The average Bonchev–Trinajstić information content (AvgIpc) is 3.12. The van der Waals surface area contributed by atoms with Crippen LogP contribution in [0, 0.1) is 0 Å². The van der Waals surface area contributed by atoms with Crippen LogP contribution in [-0.2, 0) is 4.79 Å². The van der Waals surface area contributed by atoms with E-state index in [1.165, 1.54) is 24.5 Å². The van der Waals surface area contributed by atoms with Crippen molar-refractivity contribution < 1.29 is 32.3 Å². The van der Waals surface area contributed by atoms with Crippen LogP contribution in [0.1, 0.15) is 28.8 Å². The summed E-state index contributed by atoms with van der Waals surface area (Å²) in [6.45, 7) is 1.69. The molecule has 2 N–H and O–H groups in total. The van der Waals surface area contributed by atoms with Crippen LogP contribution in [0.3, 0.4) is 0 Å². The van der Waals surface area contributed by atoms with Gasteiger partial charge in [0.2, 0.25) is 0 Å². The van der Waals surface area contributed by atoms with Gasteiger partial charge in [-0.1, -0.05) is 30.7 Å². The molecular weight excluding hydrogens is 501 g/mol. The van der Waals surface area contributed by atoms with Crippen molar-refractivity contribution in [1.82, 2.24) is 10.3 Å². The number of urea groups is 1. The van der Waals surface area contributed by atoms with Gasteiger partial charge in [-0.2, -0.15) is 0 Å². The maximum Gasteiger partial charge on any atom is 0.573 e. The molecule has 0 saturated carbocycles. The number of rotatable bonds is 6. The number of imide groups is 1. The number of amides is 4. The highest BCUT2D eigenvalue weighted by molar-refractivity contribution is 6.34. The van der Waals surface area contributed by atoms with Crippen LogP contribution in [0.4, 0.5) is 29.3 Å². The molecule has 1 saturated heterocycles. The molecule has 8 nitrogen and oxygen atoms in total. The maximum atomic E-state index is 13.2. The number of alkyl halides is 3. The van der Waals surface area contributed by atoms with Gasteiger partial charge in [-0.05, 0) is 48.0 Å². The van der Waals surface area contributed by atoms with Crippen molar-refractivity contribution in [2.24, 2.45) is 0 Å². The van der Waals surface area contributed by atoms with E-state index in [2.05, 4.69) is 20.4 Å². The number of carbonyl (C=O) groups is 3.